The molecular weight excluding hydrogens is 467 g/mol. The lowest BCUT2D eigenvalue weighted by Gasteiger charge is -2.32. The predicted octanol–water partition coefficient (Wildman–Crippen LogP) is 7.20. The molecule has 1 fully saturated rings. The summed E-state index contributed by atoms with van der Waals surface area (Å²) in [5.74, 6) is 0.0587. The Morgan fingerprint density at radius 2 is 0.868 bits per heavy atom. The van der Waals surface area contributed by atoms with Crippen molar-refractivity contribution in [1.82, 2.24) is 0 Å². The van der Waals surface area contributed by atoms with Crippen molar-refractivity contribution in [2.75, 3.05) is 0 Å². The molecule has 3 nitrogen and oxygen atoms in total. The normalized spacial score (nSPS) is 16.7. The van der Waals surface area contributed by atoms with Gasteiger partial charge in [0.25, 0.3) is 0 Å². The third kappa shape index (κ3) is 5.02. The molecule has 0 saturated carbocycles. The van der Waals surface area contributed by atoms with Gasteiger partial charge in [-0.3, -0.25) is 4.79 Å². The fourth-order valence-electron chi connectivity index (χ4n) is 4.78. The van der Waals surface area contributed by atoms with E-state index >= 15 is 0 Å². The molecule has 4 aromatic rings. The fourth-order valence-corrected chi connectivity index (χ4v) is 4.78. The maximum atomic E-state index is 12.0. The fraction of sp³-hybridized carbons (Fsp3) is 0.206. The Labute approximate surface area is 226 Å². The van der Waals surface area contributed by atoms with Gasteiger partial charge >= 0.3 is 7.12 Å². The number of ketones is 1. The van der Waals surface area contributed by atoms with Crippen molar-refractivity contribution >= 4 is 29.5 Å². The van der Waals surface area contributed by atoms with Crippen LogP contribution in [-0.4, -0.2) is 24.1 Å². The summed E-state index contributed by atoms with van der Waals surface area (Å²) in [5, 5.41) is 0. The average molecular weight is 500 g/mol. The van der Waals surface area contributed by atoms with E-state index in [1.807, 2.05) is 36.4 Å². The highest BCUT2D eigenvalue weighted by molar-refractivity contribution is 6.62. The van der Waals surface area contributed by atoms with Gasteiger partial charge < -0.3 is 9.31 Å². The molecule has 1 saturated heterocycles. The van der Waals surface area contributed by atoms with Crippen LogP contribution in [0, 0.1) is 0 Å². The molecule has 0 N–H and O–H groups in total. The molecule has 1 aliphatic heterocycles. The van der Waals surface area contributed by atoms with E-state index in [1.165, 1.54) is 0 Å². The van der Waals surface area contributed by atoms with Crippen LogP contribution in [0.5, 0.6) is 0 Å². The molecule has 0 aliphatic carbocycles. The zero-order valence-electron chi connectivity index (χ0n) is 22.7. The molecule has 0 radical (unpaired) electrons. The molecule has 4 aromatic carbocycles. The molecule has 190 valence electrons. The smallest absolute Gasteiger partial charge is 0.399 e. The molecule has 38 heavy (non-hydrogen) atoms. The van der Waals surface area contributed by atoms with Gasteiger partial charge in [0.15, 0.2) is 5.78 Å². The summed E-state index contributed by atoms with van der Waals surface area (Å²) in [6.07, 6.45) is 0. The van der Waals surface area contributed by atoms with E-state index in [0.717, 1.165) is 38.9 Å². The Bertz CT molecular complexity index is 1440. The Balaban J connectivity index is 1.67. The van der Waals surface area contributed by atoms with E-state index < -0.39 is 18.3 Å². The molecule has 1 heterocycles. The lowest BCUT2D eigenvalue weighted by molar-refractivity contribution is 0.00578. The minimum atomic E-state index is -0.411. The number of carbonyl (C=O) groups is 1. The lowest BCUT2D eigenvalue weighted by atomic mass is 9.77. The first-order valence-corrected chi connectivity index (χ1v) is 13.1. The molecule has 4 heteroatoms. The number of hydrogen-bond acceptors (Lipinski definition) is 3. The zero-order chi connectivity index (χ0) is 26.9. The minimum Gasteiger partial charge on any atom is -0.399 e. The van der Waals surface area contributed by atoms with Gasteiger partial charge in [0, 0.05) is 5.56 Å². The standard InChI is InChI=1S/C34H33BO3/c1-24(36)25-16-18-28(19-17-25)31(26-12-8-6-9-13-26)32(27-14-10-7-11-15-27)29-20-22-30(23-21-29)35-37-33(2,3)34(4,5)38-35/h6-23H,1-5H3/b32-31+. The van der Waals surface area contributed by atoms with Crippen molar-refractivity contribution in [3.8, 4) is 0 Å². The zero-order valence-corrected chi connectivity index (χ0v) is 22.7. The third-order valence-corrected chi connectivity index (χ3v) is 7.68. The van der Waals surface area contributed by atoms with Gasteiger partial charge in [0.1, 0.15) is 0 Å². The highest BCUT2D eigenvalue weighted by atomic mass is 16.7. The van der Waals surface area contributed by atoms with Crippen LogP contribution in [0.25, 0.3) is 11.1 Å². The maximum Gasteiger partial charge on any atom is 0.494 e. The van der Waals surface area contributed by atoms with Crippen LogP contribution >= 0.6 is 0 Å². The van der Waals surface area contributed by atoms with E-state index in [-0.39, 0.29) is 5.78 Å². The van der Waals surface area contributed by atoms with Crippen molar-refractivity contribution in [3.05, 3.63) is 137 Å². The second-order valence-electron chi connectivity index (χ2n) is 10.8. The van der Waals surface area contributed by atoms with E-state index in [0.29, 0.717) is 5.56 Å². The SMILES string of the molecule is CC(=O)c1ccc(/C(=C(\c2ccccc2)c2ccc(B3OC(C)(C)C(C)(C)O3)cc2)c2ccccc2)cc1. The molecule has 0 atom stereocenters. The summed E-state index contributed by atoms with van der Waals surface area (Å²) < 4.78 is 12.6. The molecule has 0 bridgehead atoms. The highest BCUT2D eigenvalue weighted by Crippen LogP contribution is 2.38. The Morgan fingerprint density at radius 1 is 0.526 bits per heavy atom. The largest absolute Gasteiger partial charge is 0.494 e. The number of carbonyl (C=O) groups excluding carboxylic acids is 1. The van der Waals surface area contributed by atoms with Gasteiger partial charge in [-0.1, -0.05) is 109 Å². The first kappa shape index (κ1) is 25.9. The topological polar surface area (TPSA) is 35.5 Å². The molecule has 0 amide bonds. The second-order valence-corrected chi connectivity index (χ2v) is 10.8. The third-order valence-electron chi connectivity index (χ3n) is 7.68. The van der Waals surface area contributed by atoms with Crippen LogP contribution in [0.2, 0.25) is 0 Å². The Hall–Kier alpha value is -3.73. The first-order valence-electron chi connectivity index (χ1n) is 13.1. The maximum absolute atomic E-state index is 12.0. The Morgan fingerprint density at radius 3 is 1.26 bits per heavy atom. The van der Waals surface area contributed by atoms with Crippen LogP contribution < -0.4 is 5.46 Å². The molecular formula is C34H33BO3. The first-order chi connectivity index (χ1) is 18.2. The van der Waals surface area contributed by atoms with Gasteiger partial charge in [0.2, 0.25) is 0 Å². The number of hydrogen-bond donors (Lipinski definition) is 0. The second kappa shape index (κ2) is 10.2. The van der Waals surface area contributed by atoms with Gasteiger partial charge in [-0.05, 0) is 73.5 Å². The summed E-state index contributed by atoms with van der Waals surface area (Å²) in [6, 6.07) is 37.3. The van der Waals surface area contributed by atoms with Crippen molar-refractivity contribution in [3.63, 3.8) is 0 Å². The van der Waals surface area contributed by atoms with Gasteiger partial charge in [0.05, 0.1) is 11.2 Å². The predicted molar refractivity (Wildman–Crippen MR) is 157 cm³/mol. The summed E-state index contributed by atoms with van der Waals surface area (Å²) in [5.41, 5.74) is 7.50. The number of rotatable bonds is 6. The Kier molecular flexibility index (Phi) is 6.96. The molecule has 5 rings (SSSR count). The molecule has 0 spiro atoms. The molecule has 0 unspecified atom stereocenters. The summed E-state index contributed by atoms with van der Waals surface area (Å²) in [4.78, 5) is 12.0. The van der Waals surface area contributed by atoms with Crippen molar-refractivity contribution in [2.24, 2.45) is 0 Å². The van der Waals surface area contributed by atoms with Crippen molar-refractivity contribution in [1.29, 1.82) is 0 Å². The van der Waals surface area contributed by atoms with Crippen molar-refractivity contribution < 1.29 is 14.1 Å². The number of Topliss-reactive ketones (excluding diaryl/α,β-unsaturated/α-hetero) is 1. The van der Waals surface area contributed by atoms with E-state index in [1.54, 1.807) is 6.92 Å². The monoisotopic (exact) mass is 500 g/mol. The molecule has 0 aromatic heterocycles. The summed E-state index contributed by atoms with van der Waals surface area (Å²) in [7, 11) is -0.411. The summed E-state index contributed by atoms with van der Waals surface area (Å²) >= 11 is 0. The van der Waals surface area contributed by atoms with Gasteiger partial charge in [-0.25, -0.2) is 0 Å². The van der Waals surface area contributed by atoms with E-state index in [4.69, 9.17) is 9.31 Å². The van der Waals surface area contributed by atoms with Crippen LogP contribution in [0.1, 0.15) is 67.2 Å². The van der Waals surface area contributed by atoms with Crippen LogP contribution in [0.3, 0.4) is 0 Å². The lowest BCUT2D eigenvalue weighted by Crippen LogP contribution is -2.41. The van der Waals surface area contributed by atoms with E-state index in [9.17, 15) is 4.79 Å². The average Bonchev–Trinajstić information content (AvgIpc) is 3.15. The van der Waals surface area contributed by atoms with Crippen molar-refractivity contribution in [2.45, 2.75) is 45.8 Å². The van der Waals surface area contributed by atoms with Gasteiger partial charge in [-0.2, -0.15) is 0 Å². The quantitative estimate of drug-likeness (QED) is 0.160. The number of benzene rings is 4. The minimum absolute atomic E-state index is 0.0587. The summed E-state index contributed by atoms with van der Waals surface area (Å²) in [6.45, 7) is 9.88. The molecule has 1 aliphatic rings. The highest BCUT2D eigenvalue weighted by Gasteiger charge is 2.51. The van der Waals surface area contributed by atoms with Crippen LogP contribution in [0.4, 0.5) is 0 Å². The van der Waals surface area contributed by atoms with Crippen LogP contribution in [-0.2, 0) is 9.31 Å². The van der Waals surface area contributed by atoms with Gasteiger partial charge in [-0.15, -0.1) is 0 Å². The van der Waals surface area contributed by atoms with E-state index in [2.05, 4.69) is 100 Å². The van der Waals surface area contributed by atoms with Crippen LogP contribution in [0.15, 0.2) is 109 Å².